The maximum atomic E-state index is 13.4. The van der Waals surface area contributed by atoms with Crippen LogP contribution in [0.5, 0.6) is 0 Å². The van der Waals surface area contributed by atoms with Gasteiger partial charge >= 0.3 is 0 Å². The maximum absolute atomic E-state index is 13.4. The van der Waals surface area contributed by atoms with Crippen molar-refractivity contribution in [2.24, 2.45) is 0 Å². The van der Waals surface area contributed by atoms with E-state index in [0.29, 0.717) is 19.5 Å². The average molecular weight is 420 g/mol. The van der Waals surface area contributed by atoms with Gasteiger partial charge < -0.3 is 4.98 Å². The summed E-state index contributed by atoms with van der Waals surface area (Å²) in [6, 6.07) is 1.92. The summed E-state index contributed by atoms with van der Waals surface area (Å²) in [6.45, 7) is 10.9. The van der Waals surface area contributed by atoms with Gasteiger partial charge in [0, 0.05) is 36.3 Å². The lowest BCUT2D eigenvalue weighted by Gasteiger charge is -2.36. The number of hydrogen-bond donors (Lipinski definition) is 1. The van der Waals surface area contributed by atoms with Crippen LogP contribution in [-0.2, 0) is 10.2 Å². The van der Waals surface area contributed by atoms with E-state index in [2.05, 4.69) is 21.0 Å². The summed E-state index contributed by atoms with van der Waals surface area (Å²) in [4.78, 5) is 11.8. The molecule has 29 heavy (non-hydrogen) atoms. The van der Waals surface area contributed by atoms with E-state index in [1.54, 1.807) is 14.9 Å². The normalized spacial score (nSPS) is 17.0. The van der Waals surface area contributed by atoms with Crippen LogP contribution in [0, 0.1) is 0 Å². The van der Waals surface area contributed by atoms with E-state index in [1.165, 1.54) is 0 Å². The van der Waals surface area contributed by atoms with Crippen LogP contribution in [0.3, 0.4) is 0 Å². The van der Waals surface area contributed by atoms with E-state index in [9.17, 15) is 8.42 Å². The SMILES string of the molecule is CCCN(C1(CC=C(C)c2ncnc3[nH]ccc23)CC1)S(=O)(=O)N(CC)C(C)C. The van der Waals surface area contributed by atoms with Gasteiger partial charge in [0.05, 0.1) is 5.69 Å². The van der Waals surface area contributed by atoms with Gasteiger partial charge in [0.1, 0.15) is 12.0 Å². The molecule has 2 aromatic heterocycles. The fourth-order valence-corrected chi connectivity index (χ4v) is 6.32. The largest absolute Gasteiger partial charge is 0.346 e. The molecule has 1 aliphatic rings. The molecule has 1 N–H and O–H groups in total. The van der Waals surface area contributed by atoms with Crippen molar-refractivity contribution < 1.29 is 8.42 Å². The monoisotopic (exact) mass is 419 g/mol. The third-order valence-corrected chi connectivity index (χ3v) is 8.16. The minimum atomic E-state index is -3.50. The number of hydrogen-bond acceptors (Lipinski definition) is 4. The first-order valence-corrected chi connectivity index (χ1v) is 11.9. The molecule has 3 rings (SSSR count). The molecule has 1 aliphatic carbocycles. The fraction of sp³-hybridized carbons (Fsp3) is 0.619. The molecule has 2 heterocycles. The Kier molecular flexibility index (Phi) is 6.45. The van der Waals surface area contributed by atoms with Gasteiger partial charge in [-0.25, -0.2) is 9.97 Å². The predicted molar refractivity (Wildman–Crippen MR) is 118 cm³/mol. The first kappa shape index (κ1) is 21.9. The van der Waals surface area contributed by atoms with Crippen molar-refractivity contribution in [2.45, 2.75) is 71.9 Å². The van der Waals surface area contributed by atoms with Crippen LogP contribution in [0.15, 0.2) is 24.7 Å². The second kappa shape index (κ2) is 8.53. The maximum Gasteiger partial charge on any atom is 0.282 e. The molecule has 0 aromatic carbocycles. The van der Waals surface area contributed by atoms with Crippen molar-refractivity contribution in [2.75, 3.05) is 13.1 Å². The summed E-state index contributed by atoms with van der Waals surface area (Å²) in [5.41, 5.74) is 2.44. The van der Waals surface area contributed by atoms with Gasteiger partial charge in [-0.05, 0) is 58.1 Å². The summed E-state index contributed by atoms with van der Waals surface area (Å²) < 4.78 is 30.2. The molecule has 0 atom stereocenters. The minimum absolute atomic E-state index is 0.0553. The molecule has 0 amide bonds. The highest BCUT2D eigenvalue weighted by Gasteiger charge is 2.53. The highest BCUT2D eigenvalue weighted by molar-refractivity contribution is 7.86. The van der Waals surface area contributed by atoms with Crippen LogP contribution in [-0.4, -0.2) is 56.7 Å². The molecule has 0 unspecified atom stereocenters. The number of allylic oxidation sites excluding steroid dienone is 1. The van der Waals surface area contributed by atoms with Crippen LogP contribution >= 0.6 is 0 Å². The van der Waals surface area contributed by atoms with Crippen LogP contribution in [0.1, 0.15) is 66.0 Å². The predicted octanol–water partition coefficient (Wildman–Crippen LogP) is 3.97. The zero-order valence-electron chi connectivity index (χ0n) is 18.1. The Balaban J connectivity index is 1.88. The molecular weight excluding hydrogens is 386 g/mol. The Labute approximate surface area is 174 Å². The smallest absolute Gasteiger partial charge is 0.282 e. The van der Waals surface area contributed by atoms with Crippen LogP contribution in [0.2, 0.25) is 0 Å². The molecule has 0 spiro atoms. The van der Waals surface area contributed by atoms with Gasteiger partial charge in [0.15, 0.2) is 0 Å². The van der Waals surface area contributed by atoms with Gasteiger partial charge in [-0.15, -0.1) is 0 Å². The summed E-state index contributed by atoms with van der Waals surface area (Å²) in [5, 5.41) is 0.987. The zero-order chi connectivity index (χ0) is 21.2. The van der Waals surface area contributed by atoms with E-state index in [0.717, 1.165) is 41.6 Å². The Morgan fingerprint density at radius 1 is 1.31 bits per heavy atom. The van der Waals surface area contributed by atoms with Crippen molar-refractivity contribution in [3.05, 3.63) is 30.4 Å². The molecule has 0 saturated heterocycles. The molecule has 1 fully saturated rings. The lowest BCUT2D eigenvalue weighted by Crippen LogP contribution is -2.52. The van der Waals surface area contributed by atoms with E-state index >= 15 is 0 Å². The van der Waals surface area contributed by atoms with E-state index in [-0.39, 0.29) is 11.6 Å². The number of nitrogens with zero attached hydrogens (tertiary/aromatic N) is 4. The van der Waals surface area contributed by atoms with Gasteiger partial charge in [0.2, 0.25) is 0 Å². The second-order valence-electron chi connectivity index (χ2n) is 8.15. The Bertz CT molecular complexity index is 976. The molecular formula is C21H33N5O2S. The zero-order valence-corrected chi connectivity index (χ0v) is 19.0. The van der Waals surface area contributed by atoms with E-state index in [4.69, 9.17) is 0 Å². The molecule has 7 nitrogen and oxygen atoms in total. The molecule has 8 heteroatoms. The standard InChI is InChI=1S/C21H33N5O2S/c1-6-14-26(29(27,28)25(7-2)16(3)4)21(11-12-21)10-8-17(5)19-18-9-13-22-20(18)24-15-23-19/h8-9,13,15-16H,6-7,10-12,14H2,1-5H3,(H,22,23,24). The second-order valence-corrected chi connectivity index (χ2v) is 9.96. The molecule has 0 bridgehead atoms. The molecule has 2 aromatic rings. The van der Waals surface area contributed by atoms with Crippen LogP contribution in [0.4, 0.5) is 0 Å². The van der Waals surface area contributed by atoms with E-state index < -0.39 is 10.2 Å². The number of rotatable bonds is 10. The van der Waals surface area contributed by atoms with Crippen molar-refractivity contribution in [1.29, 1.82) is 0 Å². The minimum Gasteiger partial charge on any atom is -0.346 e. The number of aromatic nitrogens is 3. The van der Waals surface area contributed by atoms with Crippen molar-refractivity contribution in [3.63, 3.8) is 0 Å². The Hall–Kier alpha value is -1.77. The number of nitrogens with one attached hydrogen (secondary N) is 1. The highest BCUT2D eigenvalue weighted by Crippen LogP contribution is 2.47. The van der Waals surface area contributed by atoms with Crippen LogP contribution < -0.4 is 0 Å². The average Bonchev–Trinajstić information content (AvgIpc) is 3.29. The summed E-state index contributed by atoms with van der Waals surface area (Å²) in [7, 11) is -3.50. The van der Waals surface area contributed by atoms with Crippen molar-refractivity contribution in [1.82, 2.24) is 23.6 Å². The summed E-state index contributed by atoms with van der Waals surface area (Å²) in [5.74, 6) is 0. The topological polar surface area (TPSA) is 82.2 Å². The molecule has 0 aliphatic heterocycles. The van der Waals surface area contributed by atoms with E-state index in [1.807, 2.05) is 46.9 Å². The van der Waals surface area contributed by atoms with Gasteiger partial charge in [-0.1, -0.05) is 19.9 Å². The van der Waals surface area contributed by atoms with Crippen molar-refractivity contribution >= 4 is 26.8 Å². The van der Waals surface area contributed by atoms with Gasteiger partial charge in [0.25, 0.3) is 10.2 Å². The lowest BCUT2D eigenvalue weighted by molar-refractivity contribution is 0.256. The molecule has 0 radical (unpaired) electrons. The van der Waals surface area contributed by atoms with Crippen LogP contribution in [0.25, 0.3) is 16.6 Å². The third-order valence-electron chi connectivity index (χ3n) is 5.76. The number of aromatic amines is 1. The highest BCUT2D eigenvalue weighted by atomic mass is 32.2. The Morgan fingerprint density at radius 3 is 2.62 bits per heavy atom. The number of H-pyrrole nitrogens is 1. The molecule has 1 saturated carbocycles. The van der Waals surface area contributed by atoms with Crippen molar-refractivity contribution in [3.8, 4) is 0 Å². The van der Waals surface area contributed by atoms with Gasteiger partial charge in [-0.3, -0.25) is 0 Å². The fourth-order valence-electron chi connectivity index (χ4n) is 4.05. The lowest BCUT2D eigenvalue weighted by atomic mass is 10.1. The first-order valence-electron chi connectivity index (χ1n) is 10.5. The first-order chi connectivity index (χ1) is 13.8. The third kappa shape index (κ3) is 4.25. The van der Waals surface area contributed by atoms with Gasteiger partial charge in [-0.2, -0.15) is 17.0 Å². The Morgan fingerprint density at radius 2 is 2.03 bits per heavy atom. The summed E-state index contributed by atoms with van der Waals surface area (Å²) >= 11 is 0. The quantitative estimate of drug-likeness (QED) is 0.632. The molecule has 160 valence electrons. The summed E-state index contributed by atoms with van der Waals surface area (Å²) in [6.07, 6.45) is 8.86. The number of fused-ring (bicyclic) bond motifs is 1.